The first-order chi connectivity index (χ1) is 6.86. The monoisotopic (exact) mass is 186 g/mol. The Hall–Kier alpha value is -1.37. The van der Waals surface area contributed by atoms with Gasteiger partial charge in [-0.2, -0.15) is 0 Å². The third-order valence-corrected chi connectivity index (χ3v) is 2.75. The summed E-state index contributed by atoms with van der Waals surface area (Å²) in [4.78, 5) is 11.5. The third kappa shape index (κ3) is 2.11. The summed E-state index contributed by atoms with van der Waals surface area (Å²) in [5.74, 6) is 0.607. The van der Waals surface area contributed by atoms with Crippen molar-refractivity contribution in [1.29, 1.82) is 0 Å². The molecular formula is C13H14O. The maximum Gasteiger partial charge on any atom is 0.158 e. The zero-order chi connectivity index (χ0) is 9.80. The normalized spacial score (nSPS) is 16.9. The van der Waals surface area contributed by atoms with Crippen LogP contribution in [0.2, 0.25) is 0 Å². The van der Waals surface area contributed by atoms with Crippen LogP contribution in [0.4, 0.5) is 0 Å². The van der Waals surface area contributed by atoms with Crippen LogP contribution in [0.1, 0.15) is 24.8 Å². The van der Waals surface area contributed by atoms with Gasteiger partial charge in [-0.3, -0.25) is 4.79 Å². The van der Waals surface area contributed by atoms with Gasteiger partial charge < -0.3 is 0 Å². The lowest BCUT2D eigenvalue weighted by Gasteiger charge is -2.21. The van der Waals surface area contributed by atoms with Crippen LogP contribution >= 0.6 is 0 Å². The van der Waals surface area contributed by atoms with Gasteiger partial charge in [0.25, 0.3) is 0 Å². The Labute approximate surface area is 84.5 Å². The lowest BCUT2D eigenvalue weighted by Crippen LogP contribution is -2.19. The Morgan fingerprint density at radius 2 is 1.93 bits per heavy atom. The van der Waals surface area contributed by atoms with Gasteiger partial charge in [0.05, 0.1) is 0 Å². The van der Waals surface area contributed by atoms with Gasteiger partial charge in [0.1, 0.15) is 0 Å². The molecule has 0 bridgehead atoms. The molecule has 0 heterocycles. The van der Waals surface area contributed by atoms with Gasteiger partial charge in [-0.05, 0) is 24.5 Å². The molecule has 0 saturated heterocycles. The molecule has 1 fully saturated rings. The Bertz CT molecular complexity index is 334. The molecule has 0 radical (unpaired) electrons. The van der Waals surface area contributed by atoms with Crippen LogP contribution in [0.3, 0.4) is 0 Å². The molecule has 0 amide bonds. The molecule has 2 rings (SSSR count). The number of benzene rings is 1. The molecule has 1 aromatic rings. The van der Waals surface area contributed by atoms with E-state index in [0.29, 0.717) is 11.7 Å². The number of carbonyl (C=O) groups is 1. The number of rotatable bonds is 3. The van der Waals surface area contributed by atoms with E-state index in [1.54, 1.807) is 6.08 Å². The molecule has 1 saturated carbocycles. The van der Waals surface area contributed by atoms with Crippen LogP contribution in [0.15, 0.2) is 36.4 Å². The zero-order valence-corrected chi connectivity index (χ0v) is 8.15. The SMILES string of the molecule is O=C(/C=C/c1ccccc1)C1CCC1. The fourth-order valence-corrected chi connectivity index (χ4v) is 1.57. The summed E-state index contributed by atoms with van der Waals surface area (Å²) < 4.78 is 0. The van der Waals surface area contributed by atoms with Crippen LogP contribution < -0.4 is 0 Å². The smallest absolute Gasteiger partial charge is 0.158 e. The average Bonchev–Trinajstić information content (AvgIpc) is 2.14. The summed E-state index contributed by atoms with van der Waals surface area (Å²) in [5, 5.41) is 0. The topological polar surface area (TPSA) is 17.1 Å². The van der Waals surface area contributed by atoms with Crippen molar-refractivity contribution in [1.82, 2.24) is 0 Å². The number of hydrogen-bond donors (Lipinski definition) is 0. The highest BCUT2D eigenvalue weighted by Gasteiger charge is 2.22. The first-order valence-corrected chi connectivity index (χ1v) is 5.13. The molecule has 0 aromatic heterocycles. The largest absolute Gasteiger partial charge is 0.295 e. The summed E-state index contributed by atoms with van der Waals surface area (Å²) >= 11 is 0. The van der Waals surface area contributed by atoms with Gasteiger partial charge in [0.2, 0.25) is 0 Å². The predicted octanol–water partition coefficient (Wildman–Crippen LogP) is 3.07. The molecule has 1 aromatic carbocycles. The van der Waals surface area contributed by atoms with E-state index in [1.165, 1.54) is 6.42 Å². The maximum absolute atomic E-state index is 11.5. The lowest BCUT2D eigenvalue weighted by atomic mass is 9.82. The van der Waals surface area contributed by atoms with E-state index in [-0.39, 0.29) is 0 Å². The van der Waals surface area contributed by atoms with Crippen molar-refractivity contribution in [2.45, 2.75) is 19.3 Å². The van der Waals surface area contributed by atoms with Crippen LogP contribution in [0.5, 0.6) is 0 Å². The Morgan fingerprint density at radius 1 is 1.21 bits per heavy atom. The van der Waals surface area contributed by atoms with E-state index in [4.69, 9.17) is 0 Å². The number of allylic oxidation sites excluding steroid dienone is 1. The molecule has 1 heteroatoms. The van der Waals surface area contributed by atoms with Crippen molar-refractivity contribution in [3.8, 4) is 0 Å². The van der Waals surface area contributed by atoms with E-state index in [9.17, 15) is 4.79 Å². The molecule has 1 aliphatic rings. The molecule has 1 nitrogen and oxygen atoms in total. The summed E-state index contributed by atoms with van der Waals surface area (Å²) in [6.45, 7) is 0. The first-order valence-electron chi connectivity index (χ1n) is 5.13. The van der Waals surface area contributed by atoms with E-state index < -0.39 is 0 Å². The summed E-state index contributed by atoms with van der Waals surface area (Å²) in [5.41, 5.74) is 1.10. The first kappa shape index (κ1) is 9.20. The Morgan fingerprint density at radius 3 is 2.50 bits per heavy atom. The molecule has 0 unspecified atom stereocenters. The predicted molar refractivity (Wildman–Crippen MR) is 57.8 cm³/mol. The molecule has 0 aliphatic heterocycles. The van der Waals surface area contributed by atoms with Crippen molar-refractivity contribution in [3.63, 3.8) is 0 Å². The van der Waals surface area contributed by atoms with Crippen LogP contribution in [0.25, 0.3) is 6.08 Å². The second kappa shape index (κ2) is 4.23. The van der Waals surface area contributed by atoms with Gasteiger partial charge in [-0.15, -0.1) is 0 Å². The van der Waals surface area contributed by atoms with Crippen molar-refractivity contribution in [2.75, 3.05) is 0 Å². The van der Waals surface area contributed by atoms with Crippen LogP contribution in [-0.2, 0) is 4.79 Å². The van der Waals surface area contributed by atoms with Gasteiger partial charge in [-0.1, -0.05) is 42.8 Å². The molecule has 0 spiro atoms. The number of hydrogen-bond acceptors (Lipinski definition) is 1. The molecule has 72 valence electrons. The second-order valence-electron chi connectivity index (χ2n) is 3.77. The summed E-state index contributed by atoms with van der Waals surface area (Å²) in [6.07, 6.45) is 7.01. The molecule has 0 atom stereocenters. The summed E-state index contributed by atoms with van der Waals surface area (Å²) in [7, 11) is 0. The van der Waals surface area contributed by atoms with E-state index in [2.05, 4.69) is 0 Å². The minimum absolute atomic E-state index is 0.292. The molecule has 0 N–H and O–H groups in total. The highest BCUT2D eigenvalue weighted by Crippen LogP contribution is 2.27. The molecule has 14 heavy (non-hydrogen) atoms. The number of carbonyl (C=O) groups excluding carboxylic acids is 1. The van der Waals surface area contributed by atoms with E-state index in [0.717, 1.165) is 18.4 Å². The Kier molecular flexibility index (Phi) is 2.78. The second-order valence-corrected chi connectivity index (χ2v) is 3.77. The quantitative estimate of drug-likeness (QED) is 0.663. The lowest BCUT2D eigenvalue weighted by molar-refractivity contribution is -0.120. The molecular weight excluding hydrogens is 172 g/mol. The van der Waals surface area contributed by atoms with Gasteiger partial charge >= 0.3 is 0 Å². The average molecular weight is 186 g/mol. The van der Waals surface area contributed by atoms with Crippen LogP contribution in [0, 0.1) is 5.92 Å². The highest BCUT2D eigenvalue weighted by atomic mass is 16.1. The molecule has 1 aliphatic carbocycles. The third-order valence-electron chi connectivity index (χ3n) is 2.75. The number of ketones is 1. The van der Waals surface area contributed by atoms with Gasteiger partial charge in [-0.25, -0.2) is 0 Å². The van der Waals surface area contributed by atoms with Crippen molar-refractivity contribution >= 4 is 11.9 Å². The minimum Gasteiger partial charge on any atom is -0.295 e. The van der Waals surface area contributed by atoms with E-state index in [1.807, 2.05) is 36.4 Å². The van der Waals surface area contributed by atoms with Crippen molar-refractivity contribution in [3.05, 3.63) is 42.0 Å². The van der Waals surface area contributed by atoms with Crippen molar-refractivity contribution < 1.29 is 4.79 Å². The zero-order valence-electron chi connectivity index (χ0n) is 8.15. The van der Waals surface area contributed by atoms with Crippen molar-refractivity contribution in [2.24, 2.45) is 5.92 Å². The standard InChI is InChI=1S/C13H14O/c14-13(12-7-4-8-12)10-9-11-5-2-1-3-6-11/h1-3,5-6,9-10,12H,4,7-8H2/b10-9+. The van der Waals surface area contributed by atoms with Crippen LogP contribution in [-0.4, -0.2) is 5.78 Å². The van der Waals surface area contributed by atoms with E-state index >= 15 is 0 Å². The minimum atomic E-state index is 0.292. The van der Waals surface area contributed by atoms with Gasteiger partial charge in [0, 0.05) is 5.92 Å². The fourth-order valence-electron chi connectivity index (χ4n) is 1.57. The Balaban J connectivity index is 1.96. The summed E-state index contributed by atoms with van der Waals surface area (Å²) in [6, 6.07) is 9.95. The highest BCUT2D eigenvalue weighted by molar-refractivity contribution is 5.95. The maximum atomic E-state index is 11.5. The fraction of sp³-hybridized carbons (Fsp3) is 0.308. The van der Waals surface area contributed by atoms with Gasteiger partial charge in [0.15, 0.2) is 5.78 Å².